The number of nitrogens with one attached hydrogen (secondary N) is 1. The molecule has 2 aromatic carbocycles. The first-order chi connectivity index (χ1) is 11.7. The maximum atomic E-state index is 6.05. The Labute approximate surface area is 149 Å². The lowest BCUT2D eigenvalue weighted by atomic mass is 10.0. The van der Waals surface area contributed by atoms with Crippen LogP contribution in [-0.4, -0.2) is 37.7 Å². The lowest BCUT2D eigenvalue weighted by Gasteiger charge is -2.35. The number of rotatable bonds is 6. The number of hydrogen-bond donors (Lipinski definition) is 1. The van der Waals surface area contributed by atoms with E-state index in [0.717, 1.165) is 44.4 Å². The third kappa shape index (κ3) is 4.81. The summed E-state index contributed by atoms with van der Waals surface area (Å²) in [6.45, 7) is 7.47. The van der Waals surface area contributed by atoms with Gasteiger partial charge in [0.05, 0.1) is 13.2 Å². The SMILES string of the molecule is Cc1ccc(CNCC(c2ccc(Cl)cc2)N2CCOCC2)cc1. The Balaban J connectivity index is 1.65. The molecule has 0 radical (unpaired) electrons. The summed E-state index contributed by atoms with van der Waals surface area (Å²) in [5, 5.41) is 4.40. The molecule has 1 aliphatic rings. The fourth-order valence-corrected chi connectivity index (χ4v) is 3.22. The highest BCUT2D eigenvalue weighted by atomic mass is 35.5. The number of ether oxygens (including phenoxy) is 1. The van der Waals surface area contributed by atoms with Crippen LogP contribution in [0.5, 0.6) is 0 Å². The highest BCUT2D eigenvalue weighted by molar-refractivity contribution is 6.30. The topological polar surface area (TPSA) is 24.5 Å². The minimum atomic E-state index is 0.344. The average Bonchev–Trinajstić information content (AvgIpc) is 2.62. The smallest absolute Gasteiger partial charge is 0.0594 e. The fraction of sp³-hybridized carbons (Fsp3) is 0.400. The summed E-state index contributed by atoms with van der Waals surface area (Å²) in [6.07, 6.45) is 0. The van der Waals surface area contributed by atoms with Gasteiger partial charge in [-0.1, -0.05) is 53.6 Å². The minimum Gasteiger partial charge on any atom is -0.379 e. The quantitative estimate of drug-likeness (QED) is 0.862. The zero-order valence-corrected chi connectivity index (χ0v) is 14.9. The fourth-order valence-electron chi connectivity index (χ4n) is 3.09. The average molecular weight is 345 g/mol. The number of hydrogen-bond acceptors (Lipinski definition) is 3. The van der Waals surface area contributed by atoms with E-state index in [9.17, 15) is 0 Å². The van der Waals surface area contributed by atoms with Crippen LogP contribution >= 0.6 is 11.6 Å². The van der Waals surface area contributed by atoms with Crippen LogP contribution in [-0.2, 0) is 11.3 Å². The zero-order chi connectivity index (χ0) is 16.8. The second-order valence-corrected chi connectivity index (χ2v) is 6.77. The van der Waals surface area contributed by atoms with Crippen LogP contribution in [0.25, 0.3) is 0 Å². The Morgan fingerprint density at radius 1 is 1.04 bits per heavy atom. The van der Waals surface area contributed by atoms with E-state index in [0.29, 0.717) is 6.04 Å². The van der Waals surface area contributed by atoms with Gasteiger partial charge < -0.3 is 10.1 Å². The third-order valence-corrected chi connectivity index (χ3v) is 4.78. The molecule has 3 rings (SSSR count). The van der Waals surface area contributed by atoms with Gasteiger partial charge in [0.2, 0.25) is 0 Å². The highest BCUT2D eigenvalue weighted by Gasteiger charge is 2.22. The van der Waals surface area contributed by atoms with Crippen LogP contribution in [0, 0.1) is 6.92 Å². The lowest BCUT2D eigenvalue weighted by molar-refractivity contribution is 0.0161. The van der Waals surface area contributed by atoms with E-state index in [-0.39, 0.29) is 0 Å². The van der Waals surface area contributed by atoms with Crippen LogP contribution in [0.2, 0.25) is 5.02 Å². The van der Waals surface area contributed by atoms with Crippen molar-refractivity contribution in [2.45, 2.75) is 19.5 Å². The lowest BCUT2D eigenvalue weighted by Crippen LogP contribution is -2.42. The number of benzene rings is 2. The molecular weight excluding hydrogens is 320 g/mol. The molecule has 1 heterocycles. The number of nitrogens with zero attached hydrogens (tertiary/aromatic N) is 1. The minimum absolute atomic E-state index is 0.344. The van der Waals surface area contributed by atoms with Crippen molar-refractivity contribution in [2.75, 3.05) is 32.8 Å². The van der Waals surface area contributed by atoms with Gasteiger partial charge in [0.25, 0.3) is 0 Å². The van der Waals surface area contributed by atoms with Crippen molar-refractivity contribution in [1.29, 1.82) is 0 Å². The van der Waals surface area contributed by atoms with Crippen molar-refractivity contribution in [3.8, 4) is 0 Å². The van der Waals surface area contributed by atoms with Crippen molar-refractivity contribution >= 4 is 11.6 Å². The van der Waals surface area contributed by atoms with E-state index >= 15 is 0 Å². The van der Waals surface area contributed by atoms with Gasteiger partial charge in [-0.25, -0.2) is 0 Å². The molecule has 1 N–H and O–H groups in total. The number of aryl methyl sites for hydroxylation is 1. The van der Waals surface area contributed by atoms with E-state index in [1.54, 1.807) is 0 Å². The van der Waals surface area contributed by atoms with Gasteiger partial charge >= 0.3 is 0 Å². The van der Waals surface area contributed by atoms with Crippen LogP contribution in [0.4, 0.5) is 0 Å². The standard InChI is InChI=1S/C20H25ClN2O/c1-16-2-4-17(5-3-16)14-22-15-20(23-10-12-24-13-11-23)18-6-8-19(21)9-7-18/h2-9,20,22H,10-15H2,1H3. The first-order valence-electron chi connectivity index (χ1n) is 8.56. The Kier molecular flexibility index (Phi) is 6.27. The van der Waals surface area contributed by atoms with E-state index in [4.69, 9.17) is 16.3 Å². The van der Waals surface area contributed by atoms with Crippen LogP contribution in [0.15, 0.2) is 48.5 Å². The summed E-state index contributed by atoms with van der Waals surface area (Å²) in [7, 11) is 0. The molecule has 0 aromatic heterocycles. The summed E-state index contributed by atoms with van der Waals surface area (Å²) < 4.78 is 5.51. The highest BCUT2D eigenvalue weighted by Crippen LogP contribution is 2.23. The number of halogens is 1. The summed E-state index contributed by atoms with van der Waals surface area (Å²) in [5.74, 6) is 0. The molecule has 0 saturated carbocycles. The van der Waals surface area contributed by atoms with Gasteiger partial charge in [0, 0.05) is 37.2 Å². The van der Waals surface area contributed by atoms with Crippen molar-refractivity contribution in [2.24, 2.45) is 0 Å². The molecule has 128 valence electrons. The van der Waals surface area contributed by atoms with Crippen LogP contribution in [0.1, 0.15) is 22.7 Å². The molecule has 0 aliphatic carbocycles. The molecule has 1 aliphatic heterocycles. The summed E-state index contributed by atoms with van der Waals surface area (Å²) in [5.41, 5.74) is 3.92. The largest absolute Gasteiger partial charge is 0.379 e. The van der Waals surface area contributed by atoms with Crippen molar-refractivity contribution in [1.82, 2.24) is 10.2 Å². The van der Waals surface area contributed by atoms with Gasteiger partial charge in [-0.3, -0.25) is 4.90 Å². The maximum Gasteiger partial charge on any atom is 0.0594 e. The molecule has 0 spiro atoms. The van der Waals surface area contributed by atoms with Gasteiger partial charge in [0.1, 0.15) is 0 Å². The molecule has 4 heteroatoms. The Bertz CT molecular complexity index is 621. The van der Waals surface area contributed by atoms with E-state index in [1.165, 1.54) is 16.7 Å². The van der Waals surface area contributed by atoms with Gasteiger partial charge in [0.15, 0.2) is 0 Å². The second kappa shape index (κ2) is 8.63. The first kappa shape index (κ1) is 17.4. The number of morpholine rings is 1. The second-order valence-electron chi connectivity index (χ2n) is 6.33. The third-order valence-electron chi connectivity index (χ3n) is 4.53. The van der Waals surface area contributed by atoms with Crippen molar-refractivity contribution in [3.63, 3.8) is 0 Å². The predicted molar refractivity (Wildman–Crippen MR) is 99.5 cm³/mol. The van der Waals surface area contributed by atoms with Crippen molar-refractivity contribution < 1.29 is 4.74 Å². The summed E-state index contributed by atoms with van der Waals surface area (Å²) in [6, 6.07) is 17.3. The maximum absolute atomic E-state index is 6.05. The van der Waals surface area contributed by atoms with Gasteiger partial charge in [-0.2, -0.15) is 0 Å². The molecule has 1 saturated heterocycles. The molecule has 1 fully saturated rings. The monoisotopic (exact) mass is 344 g/mol. The zero-order valence-electron chi connectivity index (χ0n) is 14.2. The van der Waals surface area contributed by atoms with Crippen LogP contribution in [0.3, 0.4) is 0 Å². The molecule has 0 bridgehead atoms. The van der Waals surface area contributed by atoms with Gasteiger partial charge in [-0.15, -0.1) is 0 Å². The molecule has 1 unspecified atom stereocenters. The summed E-state index contributed by atoms with van der Waals surface area (Å²) in [4.78, 5) is 2.49. The van der Waals surface area contributed by atoms with E-state index in [2.05, 4.69) is 53.5 Å². The molecule has 2 aromatic rings. The molecule has 24 heavy (non-hydrogen) atoms. The summed E-state index contributed by atoms with van der Waals surface area (Å²) >= 11 is 6.05. The Hall–Kier alpha value is -1.39. The Morgan fingerprint density at radius 3 is 2.38 bits per heavy atom. The van der Waals surface area contributed by atoms with Gasteiger partial charge in [-0.05, 0) is 30.2 Å². The van der Waals surface area contributed by atoms with Crippen molar-refractivity contribution in [3.05, 3.63) is 70.2 Å². The van der Waals surface area contributed by atoms with E-state index in [1.807, 2.05) is 12.1 Å². The molecule has 1 atom stereocenters. The van der Waals surface area contributed by atoms with Crippen LogP contribution < -0.4 is 5.32 Å². The molecule has 3 nitrogen and oxygen atoms in total. The predicted octanol–water partition coefficient (Wildman–Crippen LogP) is 3.81. The normalized spacial score (nSPS) is 16.9. The first-order valence-corrected chi connectivity index (χ1v) is 8.94. The Morgan fingerprint density at radius 2 is 1.71 bits per heavy atom. The molecular formula is C20H25ClN2O. The molecule has 0 amide bonds. The van der Waals surface area contributed by atoms with E-state index < -0.39 is 0 Å².